The number of carbonyl (C=O) groups is 2. The Bertz CT molecular complexity index is 564. The number of morpholine rings is 1. The van der Waals surface area contributed by atoms with Crippen molar-refractivity contribution >= 4 is 30.0 Å². The van der Waals surface area contributed by atoms with E-state index in [0.29, 0.717) is 32.7 Å². The molecular weight excluding hydrogens is 320 g/mol. The number of rotatable bonds is 3. The predicted molar refractivity (Wildman–Crippen MR) is 87.7 cm³/mol. The molecule has 2 saturated heterocycles. The molecule has 0 aromatic heterocycles. The van der Waals surface area contributed by atoms with E-state index in [0.717, 1.165) is 11.3 Å². The van der Waals surface area contributed by atoms with Crippen LogP contribution in [0.4, 0.5) is 5.69 Å². The van der Waals surface area contributed by atoms with Gasteiger partial charge in [-0.05, 0) is 30.7 Å². The molecule has 7 heteroatoms. The summed E-state index contributed by atoms with van der Waals surface area (Å²) < 4.78 is 10.3. The minimum absolute atomic E-state index is 0. The second-order valence-electron chi connectivity index (χ2n) is 5.71. The molecular formula is C16H21ClN2O4. The Morgan fingerprint density at radius 2 is 1.96 bits per heavy atom. The van der Waals surface area contributed by atoms with Crippen LogP contribution in [0, 0.1) is 5.92 Å². The molecule has 1 aromatic rings. The van der Waals surface area contributed by atoms with E-state index in [9.17, 15) is 9.59 Å². The molecule has 0 aliphatic carbocycles. The first kappa shape index (κ1) is 17.7. The number of ether oxygens (including phenoxy) is 2. The van der Waals surface area contributed by atoms with Crippen LogP contribution in [0.3, 0.4) is 0 Å². The van der Waals surface area contributed by atoms with E-state index >= 15 is 0 Å². The second-order valence-corrected chi connectivity index (χ2v) is 5.71. The standard InChI is InChI=1S/C16H20N2O4.ClH/c17-8-11-7-14(16(20)22-9-11)12-1-3-13(4-2-12)18-5-6-21-10-15(18)19;/h1-4,11,14H,5-10,17H2;1H/t11-,14?;/m0./s1. The maximum Gasteiger partial charge on any atom is 0.313 e. The lowest BCUT2D eigenvalue weighted by molar-refractivity contribution is -0.151. The van der Waals surface area contributed by atoms with Gasteiger partial charge in [0.05, 0.1) is 19.1 Å². The van der Waals surface area contributed by atoms with Gasteiger partial charge in [-0.3, -0.25) is 9.59 Å². The van der Waals surface area contributed by atoms with Crippen LogP contribution in [0.15, 0.2) is 24.3 Å². The number of halogens is 1. The number of cyclic esters (lactones) is 1. The lowest BCUT2D eigenvalue weighted by Gasteiger charge is -2.29. The van der Waals surface area contributed by atoms with Crippen LogP contribution in [0.5, 0.6) is 0 Å². The molecule has 2 heterocycles. The summed E-state index contributed by atoms with van der Waals surface area (Å²) in [7, 11) is 0. The van der Waals surface area contributed by atoms with E-state index in [1.165, 1.54) is 0 Å². The topological polar surface area (TPSA) is 81.9 Å². The van der Waals surface area contributed by atoms with Crippen molar-refractivity contribution in [2.24, 2.45) is 11.7 Å². The van der Waals surface area contributed by atoms with Crippen molar-refractivity contribution in [1.82, 2.24) is 0 Å². The molecule has 6 nitrogen and oxygen atoms in total. The third-order valence-corrected chi connectivity index (χ3v) is 4.24. The van der Waals surface area contributed by atoms with E-state index in [4.69, 9.17) is 15.2 Å². The maximum absolute atomic E-state index is 12.0. The number of esters is 1. The van der Waals surface area contributed by atoms with Gasteiger partial charge in [-0.1, -0.05) is 12.1 Å². The van der Waals surface area contributed by atoms with Crippen LogP contribution >= 0.6 is 12.4 Å². The monoisotopic (exact) mass is 340 g/mol. The minimum atomic E-state index is -0.267. The van der Waals surface area contributed by atoms with E-state index in [1.807, 2.05) is 24.3 Å². The Morgan fingerprint density at radius 1 is 1.22 bits per heavy atom. The molecule has 2 aliphatic rings. The fourth-order valence-corrected chi connectivity index (χ4v) is 2.91. The maximum atomic E-state index is 12.0. The highest BCUT2D eigenvalue weighted by Gasteiger charge is 2.31. The van der Waals surface area contributed by atoms with Gasteiger partial charge in [-0.15, -0.1) is 12.4 Å². The zero-order chi connectivity index (χ0) is 15.5. The first-order valence-electron chi connectivity index (χ1n) is 7.54. The van der Waals surface area contributed by atoms with Crippen LogP contribution in [0.25, 0.3) is 0 Å². The number of amides is 1. The largest absolute Gasteiger partial charge is 0.465 e. The van der Waals surface area contributed by atoms with Crippen LogP contribution in [0.2, 0.25) is 0 Å². The van der Waals surface area contributed by atoms with Crippen LogP contribution in [0.1, 0.15) is 17.9 Å². The van der Waals surface area contributed by atoms with Gasteiger partial charge >= 0.3 is 5.97 Å². The van der Waals surface area contributed by atoms with Crippen molar-refractivity contribution in [3.63, 3.8) is 0 Å². The Labute approximate surface area is 141 Å². The fraction of sp³-hybridized carbons (Fsp3) is 0.500. The third kappa shape index (κ3) is 3.83. The molecule has 3 rings (SSSR count). The van der Waals surface area contributed by atoms with Gasteiger partial charge in [-0.25, -0.2) is 0 Å². The van der Waals surface area contributed by atoms with Crippen molar-refractivity contribution in [3.05, 3.63) is 29.8 Å². The number of carbonyl (C=O) groups excluding carboxylic acids is 2. The lowest BCUT2D eigenvalue weighted by atomic mass is 9.87. The smallest absolute Gasteiger partial charge is 0.313 e. The molecule has 0 saturated carbocycles. The van der Waals surface area contributed by atoms with Gasteiger partial charge in [0.2, 0.25) is 0 Å². The molecule has 2 fully saturated rings. The fourth-order valence-electron chi connectivity index (χ4n) is 2.91. The molecule has 2 atom stereocenters. The number of nitrogens with zero attached hydrogens (tertiary/aromatic N) is 1. The minimum Gasteiger partial charge on any atom is -0.465 e. The number of nitrogens with two attached hydrogens (primary N) is 1. The molecule has 2 N–H and O–H groups in total. The average Bonchev–Trinajstić information content (AvgIpc) is 2.56. The summed E-state index contributed by atoms with van der Waals surface area (Å²) in [5.41, 5.74) is 7.42. The summed E-state index contributed by atoms with van der Waals surface area (Å²) in [4.78, 5) is 25.5. The Hall–Kier alpha value is -1.63. The lowest BCUT2D eigenvalue weighted by Crippen LogP contribution is -2.41. The second kappa shape index (κ2) is 7.77. The normalized spacial score (nSPS) is 24.8. The first-order valence-corrected chi connectivity index (χ1v) is 7.54. The Balaban J connectivity index is 0.00000192. The van der Waals surface area contributed by atoms with Crippen molar-refractivity contribution in [3.8, 4) is 0 Å². The molecule has 0 radical (unpaired) electrons. The molecule has 23 heavy (non-hydrogen) atoms. The predicted octanol–water partition coefficient (Wildman–Crippen LogP) is 1.08. The van der Waals surface area contributed by atoms with E-state index in [1.54, 1.807) is 4.90 Å². The molecule has 1 aromatic carbocycles. The van der Waals surface area contributed by atoms with Crippen molar-refractivity contribution in [1.29, 1.82) is 0 Å². The summed E-state index contributed by atoms with van der Waals surface area (Å²) in [6.45, 7) is 2.14. The first-order chi connectivity index (χ1) is 10.7. The summed E-state index contributed by atoms with van der Waals surface area (Å²) in [6.07, 6.45) is 0.713. The van der Waals surface area contributed by atoms with E-state index in [-0.39, 0.29) is 42.7 Å². The highest BCUT2D eigenvalue weighted by Crippen LogP contribution is 2.31. The molecule has 2 aliphatic heterocycles. The summed E-state index contributed by atoms with van der Waals surface area (Å²) in [6, 6.07) is 7.53. The van der Waals surface area contributed by atoms with Crippen LogP contribution in [-0.4, -0.2) is 44.8 Å². The number of anilines is 1. The van der Waals surface area contributed by atoms with Gasteiger partial charge in [-0.2, -0.15) is 0 Å². The van der Waals surface area contributed by atoms with Gasteiger partial charge in [0.25, 0.3) is 5.91 Å². The highest BCUT2D eigenvalue weighted by molar-refractivity contribution is 5.94. The zero-order valence-corrected chi connectivity index (χ0v) is 13.6. The van der Waals surface area contributed by atoms with Gasteiger partial charge in [0, 0.05) is 18.2 Å². The molecule has 1 amide bonds. The number of benzene rings is 1. The Morgan fingerprint density at radius 3 is 2.61 bits per heavy atom. The summed E-state index contributed by atoms with van der Waals surface area (Å²) in [5.74, 6) is -0.292. The summed E-state index contributed by atoms with van der Waals surface area (Å²) >= 11 is 0. The Kier molecular flexibility index (Phi) is 5.98. The number of hydrogen-bond acceptors (Lipinski definition) is 5. The van der Waals surface area contributed by atoms with Gasteiger partial charge in [0.15, 0.2) is 0 Å². The highest BCUT2D eigenvalue weighted by atomic mass is 35.5. The molecule has 1 unspecified atom stereocenters. The molecule has 0 bridgehead atoms. The SMILES string of the molecule is Cl.NC[C@H]1COC(=O)C(c2ccc(N3CCOCC3=O)cc2)C1. The van der Waals surface area contributed by atoms with Gasteiger partial charge in [0.1, 0.15) is 6.61 Å². The van der Waals surface area contributed by atoms with Crippen LogP contribution < -0.4 is 10.6 Å². The van der Waals surface area contributed by atoms with E-state index < -0.39 is 0 Å². The van der Waals surface area contributed by atoms with Gasteiger partial charge < -0.3 is 20.1 Å². The van der Waals surface area contributed by atoms with Crippen molar-refractivity contribution in [2.45, 2.75) is 12.3 Å². The van der Waals surface area contributed by atoms with E-state index in [2.05, 4.69) is 0 Å². The van der Waals surface area contributed by atoms with Crippen molar-refractivity contribution in [2.75, 3.05) is 37.8 Å². The van der Waals surface area contributed by atoms with Crippen LogP contribution in [-0.2, 0) is 19.1 Å². The molecule has 0 spiro atoms. The number of hydrogen-bond donors (Lipinski definition) is 1. The average molecular weight is 341 g/mol. The third-order valence-electron chi connectivity index (χ3n) is 4.24. The zero-order valence-electron chi connectivity index (χ0n) is 12.8. The van der Waals surface area contributed by atoms with Crippen molar-refractivity contribution < 1.29 is 19.1 Å². The quantitative estimate of drug-likeness (QED) is 0.833. The molecule has 126 valence electrons. The summed E-state index contributed by atoms with van der Waals surface area (Å²) in [5, 5.41) is 0.